The van der Waals surface area contributed by atoms with E-state index in [2.05, 4.69) is 6.58 Å². The summed E-state index contributed by atoms with van der Waals surface area (Å²) >= 11 is 11.7. The molecular formula is C11H12Cl2FN. The normalized spacial score (nSPS) is 12.5. The molecule has 0 aliphatic carbocycles. The Bertz CT molecular complexity index is 366. The molecule has 0 aliphatic rings. The summed E-state index contributed by atoms with van der Waals surface area (Å²) in [5.74, 6) is -0.416. The smallest absolute Gasteiger partial charge is 0.129 e. The predicted molar refractivity (Wildman–Crippen MR) is 62.8 cm³/mol. The predicted octanol–water partition coefficient (Wildman–Crippen LogP) is 4.10. The minimum Gasteiger partial charge on any atom is -0.324 e. The molecule has 82 valence electrons. The van der Waals surface area contributed by atoms with Crippen molar-refractivity contribution in [1.29, 1.82) is 0 Å². The molecule has 0 amide bonds. The van der Waals surface area contributed by atoms with Crippen LogP contribution in [0.1, 0.15) is 24.4 Å². The van der Waals surface area contributed by atoms with Gasteiger partial charge in [-0.3, -0.25) is 0 Å². The molecule has 1 aromatic carbocycles. The van der Waals surface area contributed by atoms with Gasteiger partial charge in [0.1, 0.15) is 5.82 Å². The molecule has 0 unspecified atom stereocenters. The van der Waals surface area contributed by atoms with Crippen LogP contribution in [0.5, 0.6) is 0 Å². The molecule has 2 N–H and O–H groups in total. The lowest BCUT2D eigenvalue weighted by Crippen LogP contribution is -2.12. The van der Waals surface area contributed by atoms with E-state index in [1.54, 1.807) is 6.08 Å². The first-order valence-electron chi connectivity index (χ1n) is 4.57. The zero-order valence-electron chi connectivity index (χ0n) is 8.14. The van der Waals surface area contributed by atoms with Crippen molar-refractivity contribution in [3.8, 4) is 0 Å². The van der Waals surface area contributed by atoms with Crippen LogP contribution in [-0.2, 0) is 0 Å². The monoisotopic (exact) mass is 247 g/mol. The topological polar surface area (TPSA) is 26.0 Å². The van der Waals surface area contributed by atoms with Gasteiger partial charge in [0.05, 0.1) is 10.0 Å². The summed E-state index contributed by atoms with van der Waals surface area (Å²) in [6.07, 6.45) is 3.04. The van der Waals surface area contributed by atoms with E-state index in [-0.39, 0.29) is 10.6 Å². The SMILES string of the molecule is C=CCC[C@H](N)c1c(F)ccc(Cl)c1Cl. The molecule has 1 nitrogen and oxygen atoms in total. The molecule has 0 bridgehead atoms. The second kappa shape index (κ2) is 5.50. The van der Waals surface area contributed by atoms with Crippen molar-refractivity contribution < 1.29 is 4.39 Å². The van der Waals surface area contributed by atoms with Crippen molar-refractivity contribution in [2.75, 3.05) is 0 Å². The molecule has 0 aliphatic heterocycles. The third-order valence-corrected chi connectivity index (χ3v) is 2.95. The Labute approximate surface area is 98.7 Å². The van der Waals surface area contributed by atoms with Gasteiger partial charge in [0, 0.05) is 11.6 Å². The fourth-order valence-electron chi connectivity index (χ4n) is 1.32. The van der Waals surface area contributed by atoms with E-state index in [0.29, 0.717) is 17.9 Å². The Morgan fingerprint density at radius 3 is 2.73 bits per heavy atom. The lowest BCUT2D eigenvalue weighted by molar-refractivity contribution is 0.567. The third kappa shape index (κ3) is 2.94. The van der Waals surface area contributed by atoms with E-state index < -0.39 is 11.9 Å². The molecule has 1 aromatic rings. The van der Waals surface area contributed by atoms with Crippen molar-refractivity contribution >= 4 is 23.2 Å². The molecule has 0 saturated carbocycles. The maximum atomic E-state index is 13.5. The summed E-state index contributed by atoms with van der Waals surface area (Å²) < 4.78 is 13.5. The Balaban J connectivity index is 3.01. The molecule has 4 heteroatoms. The number of benzene rings is 1. The average molecular weight is 248 g/mol. The van der Waals surface area contributed by atoms with Crippen molar-refractivity contribution in [3.63, 3.8) is 0 Å². The highest BCUT2D eigenvalue weighted by Crippen LogP contribution is 2.32. The molecule has 15 heavy (non-hydrogen) atoms. The minimum absolute atomic E-state index is 0.202. The zero-order valence-corrected chi connectivity index (χ0v) is 9.65. The maximum Gasteiger partial charge on any atom is 0.129 e. The lowest BCUT2D eigenvalue weighted by Gasteiger charge is -2.14. The van der Waals surface area contributed by atoms with Gasteiger partial charge in [-0.05, 0) is 25.0 Å². The highest BCUT2D eigenvalue weighted by atomic mass is 35.5. The molecule has 1 rings (SSSR count). The number of rotatable bonds is 4. The van der Waals surface area contributed by atoms with E-state index >= 15 is 0 Å². The van der Waals surface area contributed by atoms with Crippen LogP contribution in [0.3, 0.4) is 0 Å². The van der Waals surface area contributed by atoms with Crippen molar-refractivity contribution in [3.05, 3.63) is 46.2 Å². The molecule has 0 saturated heterocycles. The molecule has 0 radical (unpaired) electrons. The van der Waals surface area contributed by atoms with Gasteiger partial charge in [-0.2, -0.15) is 0 Å². The van der Waals surface area contributed by atoms with Gasteiger partial charge in [-0.15, -0.1) is 6.58 Å². The lowest BCUT2D eigenvalue weighted by atomic mass is 10.0. The number of hydrogen-bond acceptors (Lipinski definition) is 1. The Morgan fingerprint density at radius 1 is 1.47 bits per heavy atom. The summed E-state index contributed by atoms with van der Waals surface area (Å²) in [6, 6.07) is 2.24. The van der Waals surface area contributed by atoms with Gasteiger partial charge in [-0.25, -0.2) is 4.39 Å². The number of nitrogens with two attached hydrogens (primary N) is 1. The van der Waals surface area contributed by atoms with Gasteiger partial charge >= 0.3 is 0 Å². The molecule has 0 heterocycles. The first kappa shape index (κ1) is 12.5. The van der Waals surface area contributed by atoms with Gasteiger partial charge in [-0.1, -0.05) is 29.3 Å². The molecule has 0 aromatic heterocycles. The van der Waals surface area contributed by atoms with Crippen molar-refractivity contribution in [1.82, 2.24) is 0 Å². The van der Waals surface area contributed by atoms with Gasteiger partial charge in [0.2, 0.25) is 0 Å². The fraction of sp³-hybridized carbons (Fsp3) is 0.273. The standard InChI is InChI=1S/C11H12Cl2FN/c1-2-3-4-9(15)10-8(14)6-5-7(12)11(10)13/h2,5-6,9H,1,3-4,15H2/t9-/m0/s1. The number of halogens is 3. The Hall–Kier alpha value is -0.570. The minimum atomic E-state index is -0.450. The summed E-state index contributed by atoms with van der Waals surface area (Å²) in [5, 5.41) is 0.523. The highest BCUT2D eigenvalue weighted by molar-refractivity contribution is 6.42. The summed E-state index contributed by atoms with van der Waals surface area (Å²) in [7, 11) is 0. The van der Waals surface area contributed by atoms with Crippen LogP contribution in [0.2, 0.25) is 10.0 Å². The average Bonchev–Trinajstić information content (AvgIpc) is 2.21. The molecule has 1 atom stereocenters. The highest BCUT2D eigenvalue weighted by Gasteiger charge is 2.16. The number of allylic oxidation sites excluding steroid dienone is 1. The van der Waals surface area contributed by atoms with Crippen molar-refractivity contribution in [2.24, 2.45) is 5.73 Å². The van der Waals surface area contributed by atoms with Gasteiger partial charge in [0.25, 0.3) is 0 Å². The van der Waals surface area contributed by atoms with Gasteiger partial charge in [0.15, 0.2) is 0 Å². The van der Waals surface area contributed by atoms with E-state index in [9.17, 15) is 4.39 Å². The van der Waals surface area contributed by atoms with Crippen LogP contribution in [0.15, 0.2) is 24.8 Å². The Morgan fingerprint density at radius 2 is 2.13 bits per heavy atom. The second-order valence-electron chi connectivity index (χ2n) is 3.23. The summed E-state index contributed by atoms with van der Waals surface area (Å²) in [6.45, 7) is 3.58. The molecular weight excluding hydrogens is 236 g/mol. The maximum absolute atomic E-state index is 13.5. The second-order valence-corrected chi connectivity index (χ2v) is 4.01. The summed E-state index contributed by atoms with van der Waals surface area (Å²) in [4.78, 5) is 0. The van der Waals surface area contributed by atoms with E-state index in [0.717, 1.165) is 0 Å². The largest absolute Gasteiger partial charge is 0.324 e. The van der Waals surface area contributed by atoms with Crippen LogP contribution >= 0.6 is 23.2 Å². The van der Waals surface area contributed by atoms with Crippen molar-refractivity contribution in [2.45, 2.75) is 18.9 Å². The first-order valence-corrected chi connectivity index (χ1v) is 5.33. The fourth-order valence-corrected chi connectivity index (χ4v) is 1.78. The van der Waals surface area contributed by atoms with E-state index in [1.165, 1.54) is 12.1 Å². The van der Waals surface area contributed by atoms with E-state index in [1.807, 2.05) is 0 Å². The van der Waals surface area contributed by atoms with Crippen LogP contribution in [0.25, 0.3) is 0 Å². The van der Waals surface area contributed by atoms with E-state index in [4.69, 9.17) is 28.9 Å². The molecule has 0 fully saturated rings. The quantitative estimate of drug-likeness (QED) is 0.630. The zero-order chi connectivity index (χ0) is 11.4. The van der Waals surface area contributed by atoms with Crippen LogP contribution in [-0.4, -0.2) is 0 Å². The Kier molecular flexibility index (Phi) is 4.58. The van der Waals surface area contributed by atoms with Crippen LogP contribution < -0.4 is 5.73 Å². The third-order valence-electron chi connectivity index (χ3n) is 2.13. The number of hydrogen-bond donors (Lipinski definition) is 1. The first-order chi connectivity index (χ1) is 7.07. The van der Waals surface area contributed by atoms with Crippen LogP contribution in [0.4, 0.5) is 4.39 Å². The molecule has 0 spiro atoms. The van der Waals surface area contributed by atoms with Crippen LogP contribution in [0, 0.1) is 5.82 Å². The van der Waals surface area contributed by atoms with Gasteiger partial charge < -0.3 is 5.73 Å². The summed E-state index contributed by atoms with van der Waals surface area (Å²) in [5.41, 5.74) is 6.10.